The first-order chi connectivity index (χ1) is 16.4. The summed E-state index contributed by atoms with van der Waals surface area (Å²) in [6.45, 7) is 0. The lowest BCUT2D eigenvalue weighted by Crippen LogP contribution is -2.16. The van der Waals surface area contributed by atoms with Crippen molar-refractivity contribution in [2.75, 3.05) is 10.0 Å². The fourth-order valence-corrected chi connectivity index (χ4v) is 4.53. The molecule has 8 heteroatoms. The van der Waals surface area contributed by atoms with Crippen molar-refractivity contribution in [1.82, 2.24) is 0 Å². The van der Waals surface area contributed by atoms with Crippen LogP contribution in [0.15, 0.2) is 102 Å². The van der Waals surface area contributed by atoms with Crippen molar-refractivity contribution in [3.8, 4) is 17.2 Å². The summed E-state index contributed by atoms with van der Waals surface area (Å²) in [5, 5.41) is 12.1. The van der Waals surface area contributed by atoms with Crippen molar-refractivity contribution in [3.05, 3.63) is 114 Å². The molecule has 0 unspecified atom stereocenters. The number of nitrogens with one attached hydrogen (secondary N) is 2. The zero-order chi connectivity index (χ0) is 24.1. The molecule has 0 aliphatic rings. The Morgan fingerprint density at radius 1 is 0.824 bits per heavy atom. The lowest BCUT2D eigenvalue weighted by molar-refractivity contribution is 0.102. The van der Waals surface area contributed by atoms with Crippen LogP contribution in [0.4, 0.5) is 15.8 Å². The summed E-state index contributed by atoms with van der Waals surface area (Å²) in [5.74, 6) is -1.18. The summed E-state index contributed by atoms with van der Waals surface area (Å²) in [6, 6.07) is 27.0. The number of hydrogen-bond acceptors (Lipinski definition) is 4. The predicted octanol–water partition coefficient (Wildman–Crippen LogP) is 5.42. The maximum Gasteiger partial charge on any atom is 0.262 e. The Morgan fingerprint density at radius 2 is 1.50 bits per heavy atom. The number of sulfonamides is 1. The normalized spacial score (nSPS) is 10.8. The first-order valence-corrected chi connectivity index (χ1v) is 11.6. The molecule has 4 aromatic rings. The highest BCUT2D eigenvalue weighted by atomic mass is 32.2. The fraction of sp³-hybridized carbons (Fsp3) is 0. The molecule has 0 fully saturated rings. The molecule has 0 bridgehead atoms. The van der Waals surface area contributed by atoms with Gasteiger partial charge in [-0.3, -0.25) is 9.52 Å². The molecule has 2 N–H and O–H groups in total. The summed E-state index contributed by atoms with van der Waals surface area (Å²) in [6.07, 6.45) is 0. The number of rotatable bonds is 6. The maximum absolute atomic E-state index is 13.9. The predicted molar refractivity (Wildman–Crippen MR) is 128 cm³/mol. The van der Waals surface area contributed by atoms with Crippen LogP contribution in [0.3, 0.4) is 0 Å². The molecule has 0 aromatic heterocycles. The third-order valence-corrected chi connectivity index (χ3v) is 6.39. The summed E-state index contributed by atoms with van der Waals surface area (Å²) >= 11 is 0. The number of amides is 1. The Balaban J connectivity index is 1.62. The number of halogens is 1. The van der Waals surface area contributed by atoms with Crippen LogP contribution in [0, 0.1) is 17.1 Å². The number of hydrogen-bond donors (Lipinski definition) is 2. The summed E-state index contributed by atoms with van der Waals surface area (Å²) in [4.78, 5) is 13.0. The molecule has 0 atom stereocenters. The van der Waals surface area contributed by atoms with E-state index in [0.29, 0.717) is 22.3 Å². The molecular formula is C26H18FN3O3S. The molecule has 0 heterocycles. The van der Waals surface area contributed by atoms with E-state index >= 15 is 0 Å². The molecule has 4 aromatic carbocycles. The number of para-hydroxylation sites is 1. The monoisotopic (exact) mass is 471 g/mol. The van der Waals surface area contributed by atoms with Crippen molar-refractivity contribution < 1.29 is 17.6 Å². The lowest BCUT2D eigenvalue weighted by atomic mass is 9.95. The van der Waals surface area contributed by atoms with Crippen LogP contribution >= 0.6 is 0 Å². The number of nitriles is 1. The number of benzene rings is 4. The van der Waals surface area contributed by atoms with Gasteiger partial charge in [-0.15, -0.1) is 0 Å². The van der Waals surface area contributed by atoms with E-state index in [9.17, 15) is 22.9 Å². The molecule has 0 aliphatic heterocycles. The highest BCUT2D eigenvalue weighted by Gasteiger charge is 2.19. The van der Waals surface area contributed by atoms with Gasteiger partial charge in [-0.25, -0.2) is 12.8 Å². The summed E-state index contributed by atoms with van der Waals surface area (Å²) < 4.78 is 41.6. The van der Waals surface area contributed by atoms with Gasteiger partial charge >= 0.3 is 0 Å². The molecule has 0 spiro atoms. The molecule has 0 saturated heterocycles. The second-order valence-electron chi connectivity index (χ2n) is 7.27. The van der Waals surface area contributed by atoms with Gasteiger partial charge in [0.05, 0.1) is 22.2 Å². The van der Waals surface area contributed by atoms with E-state index in [1.165, 1.54) is 36.4 Å². The van der Waals surface area contributed by atoms with Crippen molar-refractivity contribution in [1.29, 1.82) is 5.26 Å². The molecule has 34 heavy (non-hydrogen) atoms. The van der Waals surface area contributed by atoms with Crippen molar-refractivity contribution in [2.45, 2.75) is 4.90 Å². The molecule has 1 amide bonds. The standard InChI is InChI=1S/C26H18FN3O3S/c27-24-14-5-6-15-25(24)30-34(32,33)20-10-7-9-19(16-20)29-26(31)23-13-4-3-12-22(23)21-11-2-1-8-18(21)17-28/h1-16,30H,(H,29,31). The third-order valence-electron chi connectivity index (χ3n) is 5.03. The van der Waals surface area contributed by atoms with Crippen LogP contribution in [0.2, 0.25) is 0 Å². The Kier molecular flexibility index (Phi) is 6.39. The molecular weight excluding hydrogens is 453 g/mol. The Labute approximate surface area is 196 Å². The largest absolute Gasteiger partial charge is 0.322 e. The van der Waals surface area contributed by atoms with E-state index in [0.717, 1.165) is 6.07 Å². The molecule has 0 saturated carbocycles. The van der Waals surface area contributed by atoms with Gasteiger partial charge in [-0.2, -0.15) is 5.26 Å². The molecule has 0 radical (unpaired) electrons. The van der Waals surface area contributed by atoms with Crippen molar-refractivity contribution in [3.63, 3.8) is 0 Å². The van der Waals surface area contributed by atoms with Gasteiger partial charge in [0.2, 0.25) is 0 Å². The molecule has 6 nitrogen and oxygen atoms in total. The average molecular weight is 472 g/mol. The second kappa shape index (κ2) is 9.57. The van der Waals surface area contributed by atoms with Gasteiger partial charge < -0.3 is 5.32 Å². The van der Waals surface area contributed by atoms with E-state index in [-0.39, 0.29) is 16.3 Å². The number of anilines is 2. The lowest BCUT2D eigenvalue weighted by Gasteiger charge is -2.13. The topological polar surface area (TPSA) is 99.1 Å². The Bertz CT molecular complexity index is 1530. The zero-order valence-corrected chi connectivity index (χ0v) is 18.5. The van der Waals surface area contributed by atoms with E-state index in [1.54, 1.807) is 54.6 Å². The van der Waals surface area contributed by atoms with Gasteiger partial charge in [-0.05, 0) is 48.0 Å². The number of carbonyl (C=O) groups is 1. The fourth-order valence-electron chi connectivity index (χ4n) is 3.42. The Hall–Kier alpha value is -4.48. The van der Waals surface area contributed by atoms with Crippen LogP contribution in [-0.4, -0.2) is 14.3 Å². The van der Waals surface area contributed by atoms with Crippen LogP contribution in [0.5, 0.6) is 0 Å². The van der Waals surface area contributed by atoms with Gasteiger partial charge in [0.15, 0.2) is 0 Å². The van der Waals surface area contributed by atoms with Crippen LogP contribution in [0.1, 0.15) is 15.9 Å². The first kappa shape index (κ1) is 22.7. The van der Waals surface area contributed by atoms with Crippen LogP contribution in [0.25, 0.3) is 11.1 Å². The number of nitrogens with zero attached hydrogens (tertiary/aromatic N) is 1. The number of carbonyl (C=O) groups excluding carboxylic acids is 1. The van der Waals surface area contributed by atoms with Gasteiger partial charge in [0, 0.05) is 16.8 Å². The molecule has 168 valence electrons. The maximum atomic E-state index is 13.9. The minimum Gasteiger partial charge on any atom is -0.322 e. The molecule has 0 aliphatic carbocycles. The van der Waals surface area contributed by atoms with Gasteiger partial charge in [0.25, 0.3) is 15.9 Å². The minimum absolute atomic E-state index is 0.142. The minimum atomic E-state index is -4.10. The van der Waals surface area contributed by atoms with E-state index in [2.05, 4.69) is 16.1 Å². The van der Waals surface area contributed by atoms with Gasteiger partial charge in [0.1, 0.15) is 5.82 Å². The highest BCUT2D eigenvalue weighted by molar-refractivity contribution is 7.92. The quantitative estimate of drug-likeness (QED) is 0.392. The summed E-state index contributed by atoms with van der Waals surface area (Å²) in [7, 11) is -4.10. The second-order valence-corrected chi connectivity index (χ2v) is 8.95. The smallest absolute Gasteiger partial charge is 0.262 e. The Morgan fingerprint density at radius 3 is 2.26 bits per heavy atom. The molecule has 4 rings (SSSR count). The van der Waals surface area contributed by atoms with E-state index in [4.69, 9.17) is 0 Å². The third kappa shape index (κ3) is 4.80. The summed E-state index contributed by atoms with van der Waals surface area (Å²) in [5.41, 5.74) is 1.99. The SMILES string of the molecule is N#Cc1ccccc1-c1ccccc1C(=O)Nc1cccc(S(=O)(=O)Nc2ccccc2F)c1. The van der Waals surface area contributed by atoms with Gasteiger partial charge in [-0.1, -0.05) is 54.6 Å². The first-order valence-electron chi connectivity index (χ1n) is 10.2. The van der Waals surface area contributed by atoms with Crippen molar-refractivity contribution >= 4 is 27.3 Å². The van der Waals surface area contributed by atoms with E-state index < -0.39 is 21.7 Å². The van der Waals surface area contributed by atoms with Crippen molar-refractivity contribution in [2.24, 2.45) is 0 Å². The van der Waals surface area contributed by atoms with Crippen LogP contribution in [-0.2, 0) is 10.0 Å². The van der Waals surface area contributed by atoms with Crippen LogP contribution < -0.4 is 10.0 Å². The average Bonchev–Trinajstić information content (AvgIpc) is 2.85. The zero-order valence-electron chi connectivity index (χ0n) is 17.7. The van der Waals surface area contributed by atoms with E-state index in [1.807, 2.05) is 0 Å². The highest BCUT2D eigenvalue weighted by Crippen LogP contribution is 2.28.